The SMILES string of the molecule is O=C(CN(C(=O)c1ccccc1[N+](=O)[O-])N1C(=O)[C@H]2C[C@H](Br)[C@@H](Br)C[C@H]2C1=O)c1ccc(Cl)cc1Cl. The molecule has 0 N–H and O–H groups in total. The second-order valence-corrected chi connectivity index (χ2v) is 11.6. The van der Waals surface area contributed by atoms with E-state index in [1.807, 2.05) is 0 Å². The molecule has 4 atom stereocenters. The van der Waals surface area contributed by atoms with Crippen LogP contribution < -0.4 is 0 Å². The van der Waals surface area contributed by atoms with Crippen molar-refractivity contribution in [3.63, 3.8) is 0 Å². The Kier molecular flexibility index (Phi) is 7.84. The van der Waals surface area contributed by atoms with Gasteiger partial charge in [-0.2, -0.15) is 5.01 Å². The molecule has 2 fully saturated rings. The quantitative estimate of drug-likeness (QED) is 0.140. The third kappa shape index (κ3) is 4.93. The number of fused-ring (bicyclic) bond motifs is 1. The second kappa shape index (κ2) is 10.6. The number of nitro benzene ring substituents is 1. The predicted octanol–water partition coefficient (Wildman–Crippen LogP) is 5.06. The van der Waals surface area contributed by atoms with E-state index < -0.39 is 52.5 Å². The third-order valence-corrected chi connectivity index (χ3v) is 9.50. The average molecular weight is 662 g/mol. The number of hydrazine groups is 1. The number of nitrogens with zero attached hydrogens (tertiary/aromatic N) is 3. The van der Waals surface area contributed by atoms with Crippen molar-refractivity contribution in [1.82, 2.24) is 10.0 Å². The molecule has 1 aliphatic carbocycles. The zero-order chi connectivity index (χ0) is 26.3. The lowest BCUT2D eigenvalue weighted by Crippen LogP contribution is -2.52. The monoisotopic (exact) mass is 659 g/mol. The van der Waals surface area contributed by atoms with Gasteiger partial charge in [-0.25, -0.2) is 5.01 Å². The number of hydrogen-bond acceptors (Lipinski definition) is 6. The lowest BCUT2D eigenvalue weighted by molar-refractivity contribution is -0.385. The first-order valence-electron chi connectivity index (χ1n) is 10.7. The average Bonchev–Trinajstić information content (AvgIpc) is 3.06. The molecule has 0 aromatic heterocycles. The van der Waals surface area contributed by atoms with Gasteiger partial charge in [0.25, 0.3) is 23.4 Å². The number of Topliss-reactive ketones (excluding diaryl/α,β-unsaturated/α-hetero) is 1. The van der Waals surface area contributed by atoms with Crippen molar-refractivity contribution < 1.29 is 24.1 Å². The van der Waals surface area contributed by atoms with Crippen LogP contribution in [0.3, 0.4) is 0 Å². The van der Waals surface area contributed by atoms with Crippen LogP contribution in [0.4, 0.5) is 5.69 Å². The number of halogens is 4. The lowest BCUT2D eigenvalue weighted by atomic mass is 9.81. The highest BCUT2D eigenvalue weighted by molar-refractivity contribution is 9.12. The molecule has 4 rings (SSSR count). The number of carbonyl (C=O) groups excluding carboxylic acids is 4. The Balaban J connectivity index is 1.76. The van der Waals surface area contributed by atoms with Crippen molar-refractivity contribution in [1.29, 1.82) is 0 Å². The summed E-state index contributed by atoms with van der Waals surface area (Å²) in [7, 11) is 0. The summed E-state index contributed by atoms with van der Waals surface area (Å²) in [6.07, 6.45) is 0.679. The summed E-state index contributed by atoms with van der Waals surface area (Å²) in [6, 6.07) is 9.26. The van der Waals surface area contributed by atoms with Gasteiger partial charge in [-0.1, -0.05) is 67.2 Å². The Morgan fingerprint density at radius 2 is 1.58 bits per heavy atom. The number of rotatable bonds is 6. The molecular formula is C23H17Br2Cl2N3O6. The highest BCUT2D eigenvalue weighted by Crippen LogP contribution is 2.44. The van der Waals surface area contributed by atoms with E-state index in [4.69, 9.17) is 23.2 Å². The van der Waals surface area contributed by atoms with E-state index in [9.17, 15) is 29.3 Å². The third-order valence-electron chi connectivity index (χ3n) is 6.22. The number of nitro groups is 1. The summed E-state index contributed by atoms with van der Waals surface area (Å²) >= 11 is 19.1. The number of alkyl halides is 2. The van der Waals surface area contributed by atoms with Gasteiger partial charge in [-0.05, 0) is 37.1 Å². The van der Waals surface area contributed by atoms with Gasteiger partial charge < -0.3 is 0 Å². The van der Waals surface area contributed by atoms with Crippen LogP contribution in [-0.2, 0) is 9.59 Å². The van der Waals surface area contributed by atoms with Crippen molar-refractivity contribution in [2.45, 2.75) is 22.5 Å². The van der Waals surface area contributed by atoms with E-state index in [0.717, 1.165) is 6.07 Å². The number of para-hydroxylation sites is 1. The summed E-state index contributed by atoms with van der Waals surface area (Å²) in [5, 5.41) is 13.2. The minimum Gasteiger partial charge on any atom is -0.292 e. The van der Waals surface area contributed by atoms with E-state index in [1.165, 1.54) is 36.4 Å². The number of amides is 3. The maximum absolute atomic E-state index is 13.6. The fourth-order valence-corrected chi connectivity index (χ4v) is 6.19. The standard InChI is InChI=1S/C23H17Br2Cl2N3O6/c24-16-8-14-15(9-17(16)25)23(34)29(22(14)33)28(10-20(31)12-6-5-11(26)7-18(12)27)21(32)13-3-1-2-4-19(13)30(35)36/h1-7,14-17H,8-10H2/t14-,15+,16-,17-/m0/s1. The van der Waals surface area contributed by atoms with Gasteiger partial charge in [0.1, 0.15) is 12.1 Å². The van der Waals surface area contributed by atoms with Crippen LogP contribution in [0, 0.1) is 22.0 Å². The zero-order valence-electron chi connectivity index (χ0n) is 18.3. The van der Waals surface area contributed by atoms with Gasteiger partial charge in [-0.3, -0.25) is 29.3 Å². The van der Waals surface area contributed by atoms with Crippen molar-refractivity contribution in [2.24, 2.45) is 11.8 Å². The molecule has 188 valence electrons. The topological polar surface area (TPSA) is 118 Å². The van der Waals surface area contributed by atoms with E-state index in [0.29, 0.717) is 22.9 Å². The van der Waals surface area contributed by atoms with Crippen LogP contribution in [0.25, 0.3) is 0 Å². The fraction of sp³-hybridized carbons (Fsp3) is 0.304. The number of hydrogen-bond donors (Lipinski definition) is 0. The highest BCUT2D eigenvalue weighted by atomic mass is 79.9. The van der Waals surface area contributed by atoms with Crippen LogP contribution >= 0.6 is 55.1 Å². The molecule has 9 nitrogen and oxygen atoms in total. The van der Waals surface area contributed by atoms with E-state index in [1.54, 1.807) is 0 Å². The van der Waals surface area contributed by atoms with Gasteiger partial charge in [0, 0.05) is 26.3 Å². The van der Waals surface area contributed by atoms with Gasteiger partial charge in [0.2, 0.25) is 0 Å². The van der Waals surface area contributed by atoms with Crippen LogP contribution in [0.1, 0.15) is 33.6 Å². The molecule has 1 saturated heterocycles. The molecule has 2 aromatic carbocycles. The normalized spacial score (nSPS) is 23.4. The maximum atomic E-state index is 13.6. The van der Waals surface area contributed by atoms with Gasteiger partial charge in [-0.15, -0.1) is 0 Å². The summed E-state index contributed by atoms with van der Waals surface area (Å²) < 4.78 is 0. The first-order valence-corrected chi connectivity index (χ1v) is 13.3. The number of carbonyl (C=O) groups is 4. The largest absolute Gasteiger partial charge is 0.292 e. The number of ketones is 1. The van der Waals surface area contributed by atoms with Gasteiger partial charge in [0.05, 0.1) is 21.8 Å². The number of benzene rings is 2. The van der Waals surface area contributed by atoms with Gasteiger partial charge >= 0.3 is 0 Å². The zero-order valence-corrected chi connectivity index (χ0v) is 23.0. The molecule has 1 aliphatic heterocycles. The maximum Gasteiger partial charge on any atom is 0.282 e. The second-order valence-electron chi connectivity index (χ2n) is 8.39. The van der Waals surface area contributed by atoms with Crippen molar-refractivity contribution in [3.8, 4) is 0 Å². The van der Waals surface area contributed by atoms with Gasteiger partial charge in [0.15, 0.2) is 5.78 Å². The molecule has 0 radical (unpaired) electrons. The predicted molar refractivity (Wildman–Crippen MR) is 138 cm³/mol. The summed E-state index contributed by atoms with van der Waals surface area (Å²) in [4.78, 5) is 64.3. The van der Waals surface area contributed by atoms with Crippen LogP contribution in [-0.4, -0.2) is 54.6 Å². The molecule has 1 saturated carbocycles. The minimum absolute atomic E-state index is 0.0129. The Morgan fingerprint density at radius 1 is 1.00 bits per heavy atom. The molecule has 2 aromatic rings. The Hall–Kier alpha value is -2.34. The molecular weight excluding hydrogens is 645 g/mol. The minimum atomic E-state index is -1.04. The van der Waals surface area contributed by atoms with Crippen molar-refractivity contribution >= 4 is 84.3 Å². The molecule has 3 amide bonds. The first-order chi connectivity index (χ1) is 17.0. The van der Waals surface area contributed by atoms with Crippen molar-refractivity contribution in [2.75, 3.05) is 6.54 Å². The summed E-state index contributed by atoms with van der Waals surface area (Å²) in [5.41, 5.74) is -0.884. The summed E-state index contributed by atoms with van der Waals surface area (Å²) in [6.45, 7) is -0.751. The first kappa shape index (κ1) is 26.7. The molecule has 0 bridgehead atoms. The Labute approximate surface area is 232 Å². The van der Waals surface area contributed by atoms with E-state index in [2.05, 4.69) is 31.9 Å². The van der Waals surface area contributed by atoms with Crippen molar-refractivity contribution in [3.05, 3.63) is 73.8 Å². The Bertz CT molecular complexity index is 1260. The molecule has 1 heterocycles. The number of imide groups is 1. The molecule has 2 aliphatic rings. The molecule has 0 spiro atoms. The van der Waals surface area contributed by atoms with Crippen LogP contribution in [0.5, 0.6) is 0 Å². The van der Waals surface area contributed by atoms with E-state index >= 15 is 0 Å². The molecule has 13 heteroatoms. The molecule has 36 heavy (non-hydrogen) atoms. The Morgan fingerprint density at radius 3 is 2.14 bits per heavy atom. The van der Waals surface area contributed by atoms with Crippen LogP contribution in [0.2, 0.25) is 10.0 Å². The summed E-state index contributed by atoms with van der Waals surface area (Å²) in [5.74, 6) is -4.41. The molecule has 0 unspecified atom stereocenters. The fourth-order valence-electron chi connectivity index (χ4n) is 4.44. The van der Waals surface area contributed by atoms with E-state index in [-0.39, 0.29) is 30.8 Å². The lowest BCUT2D eigenvalue weighted by Gasteiger charge is -2.30. The van der Waals surface area contributed by atoms with Crippen LogP contribution in [0.15, 0.2) is 42.5 Å². The highest BCUT2D eigenvalue weighted by Gasteiger charge is 2.55. The smallest absolute Gasteiger partial charge is 0.282 e.